The van der Waals surface area contributed by atoms with Crippen molar-refractivity contribution in [2.45, 2.75) is 13.3 Å². The molecule has 4 N–H and O–H groups in total. The monoisotopic (exact) mass is 274 g/mol. The fraction of sp³-hybridized carbons (Fsp3) is 0.286. The number of aliphatic hydroxyl groups is 1. The van der Waals surface area contributed by atoms with Gasteiger partial charge >= 0.3 is 0 Å². The molecular weight excluding hydrogens is 256 g/mol. The topological polar surface area (TPSA) is 93.2 Å². The number of rotatable bonds is 4. The van der Waals surface area contributed by atoms with Crippen molar-refractivity contribution < 1.29 is 9.90 Å². The van der Waals surface area contributed by atoms with Crippen LogP contribution in [-0.4, -0.2) is 27.4 Å². The molecule has 0 saturated heterocycles. The lowest BCUT2D eigenvalue weighted by Gasteiger charge is -2.07. The SMILES string of the molecule is Cc1nn(C)c(C(=O)Nc2ccc(CCO)cc2)c1N. The number of hydrogen-bond donors (Lipinski definition) is 3. The van der Waals surface area contributed by atoms with Crippen LogP contribution in [0.15, 0.2) is 24.3 Å². The van der Waals surface area contributed by atoms with E-state index in [0.717, 1.165) is 5.56 Å². The van der Waals surface area contributed by atoms with Crippen LogP contribution in [0.4, 0.5) is 11.4 Å². The summed E-state index contributed by atoms with van der Waals surface area (Å²) in [6.45, 7) is 1.87. The van der Waals surface area contributed by atoms with Crippen molar-refractivity contribution in [1.82, 2.24) is 9.78 Å². The zero-order chi connectivity index (χ0) is 14.7. The Labute approximate surface area is 117 Å². The van der Waals surface area contributed by atoms with Crippen molar-refractivity contribution in [3.8, 4) is 0 Å². The first-order chi connectivity index (χ1) is 9.52. The Morgan fingerprint density at radius 1 is 1.40 bits per heavy atom. The van der Waals surface area contributed by atoms with Gasteiger partial charge in [0.2, 0.25) is 0 Å². The highest BCUT2D eigenvalue weighted by molar-refractivity contribution is 6.06. The first kappa shape index (κ1) is 14.1. The number of carbonyl (C=O) groups is 1. The summed E-state index contributed by atoms with van der Waals surface area (Å²) in [4.78, 5) is 12.2. The number of nitrogens with zero attached hydrogens (tertiary/aromatic N) is 2. The highest BCUT2D eigenvalue weighted by Crippen LogP contribution is 2.17. The van der Waals surface area contributed by atoms with Crippen molar-refractivity contribution in [2.75, 3.05) is 17.7 Å². The van der Waals surface area contributed by atoms with Crippen LogP contribution in [0, 0.1) is 6.92 Å². The van der Waals surface area contributed by atoms with E-state index in [1.165, 1.54) is 4.68 Å². The molecule has 0 radical (unpaired) electrons. The third-order valence-electron chi connectivity index (χ3n) is 3.10. The van der Waals surface area contributed by atoms with Gasteiger partial charge in [-0.25, -0.2) is 0 Å². The molecule has 20 heavy (non-hydrogen) atoms. The fourth-order valence-corrected chi connectivity index (χ4v) is 2.02. The van der Waals surface area contributed by atoms with Gasteiger partial charge in [-0.05, 0) is 31.0 Å². The maximum Gasteiger partial charge on any atom is 0.276 e. The average Bonchev–Trinajstić information content (AvgIpc) is 2.66. The molecule has 2 rings (SSSR count). The maximum atomic E-state index is 12.2. The van der Waals surface area contributed by atoms with Crippen molar-refractivity contribution in [3.63, 3.8) is 0 Å². The zero-order valence-electron chi connectivity index (χ0n) is 11.6. The lowest BCUT2D eigenvalue weighted by molar-refractivity contribution is 0.101. The molecule has 1 amide bonds. The first-order valence-corrected chi connectivity index (χ1v) is 6.33. The van der Waals surface area contributed by atoms with E-state index >= 15 is 0 Å². The van der Waals surface area contributed by atoms with Gasteiger partial charge in [0.1, 0.15) is 5.69 Å². The normalized spacial score (nSPS) is 10.6. The Kier molecular flexibility index (Phi) is 4.05. The van der Waals surface area contributed by atoms with Crippen LogP contribution in [0.1, 0.15) is 21.7 Å². The summed E-state index contributed by atoms with van der Waals surface area (Å²) in [6.07, 6.45) is 0.599. The van der Waals surface area contributed by atoms with E-state index in [9.17, 15) is 4.79 Å². The van der Waals surface area contributed by atoms with Crippen molar-refractivity contribution in [2.24, 2.45) is 7.05 Å². The van der Waals surface area contributed by atoms with Gasteiger partial charge in [-0.3, -0.25) is 9.48 Å². The molecule has 2 aromatic rings. The maximum absolute atomic E-state index is 12.2. The minimum atomic E-state index is -0.291. The molecule has 1 aromatic heterocycles. The molecule has 0 aliphatic carbocycles. The number of aromatic nitrogens is 2. The third-order valence-corrected chi connectivity index (χ3v) is 3.10. The number of amides is 1. The molecule has 1 aromatic carbocycles. The highest BCUT2D eigenvalue weighted by Gasteiger charge is 2.17. The van der Waals surface area contributed by atoms with Crippen LogP contribution in [-0.2, 0) is 13.5 Å². The average molecular weight is 274 g/mol. The summed E-state index contributed by atoms with van der Waals surface area (Å²) in [5.74, 6) is -0.291. The number of carbonyl (C=O) groups excluding carboxylic acids is 1. The second kappa shape index (κ2) is 5.75. The number of nitrogen functional groups attached to an aromatic ring is 1. The van der Waals surface area contributed by atoms with E-state index < -0.39 is 0 Å². The summed E-state index contributed by atoms with van der Waals surface area (Å²) in [6, 6.07) is 7.32. The predicted octanol–water partition coefficient (Wildman–Crippen LogP) is 1.10. The van der Waals surface area contributed by atoms with Crippen molar-refractivity contribution >= 4 is 17.3 Å². The van der Waals surface area contributed by atoms with Gasteiger partial charge in [0.15, 0.2) is 0 Å². The summed E-state index contributed by atoms with van der Waals surface area (Å²) >= 11 is 0. The Morgan fingerprint density at radius 3 is 2.55 bits per heavy atom. The van der Waals surface area contributed by atoms with Crippen molar-refractivity contribution in [3.05, 3.63) is 41.2 Å². The van der Waals surface area contributed by atoms with Crippen LogP contribution >= 0.6 is 0 Å². The Hall–Kier alpha value is -2.34. The van der Waals surface area contributed by atoms with Crippen LogP contribution in [0.5, 0.6) is 0 Å². The molecule has 0 bridgehead atoms. The number of nitrogens with two attached hydrogens (primary N) is 1. The molecule has 1 heterocycles. The Bertz CT molecular complexity index is 617. The van der Waals surface area contributed by atoms with Crippen molar-refractivity contribution in [1.29, 1.82) is 0 Å². The van der Waals surface area contributed by atoms with Gasteiger partial charge in [-0.2, -0.15) is 5.10 Å². The van der Waals surface area contributed by atoms with E-state index in [4.69, 9.17) is 10.8 Å². The molecule has 0 spiro atoms. The number of aliphatic hydroxyl groups excluding tert-OH is 1. The molecular formula is C14H18N4O2. The van der Waals surface area contributed by atoms with Gasteiger partial charge in [-0.1, -0.05) is 12.1 Å². The Balaban J connectivity index is 2.15. The number of aryl methyl sites for hydroxylation is 2. The van der Waals surface area contributed by atoms with Gasteiger partial charge < -0.3 is 16.2 Å². The summed E-state index contributed by atoms with van der Waals surface area (Å²) in [5.41, 5.74) is 8.92. The molecule has 0 aliphatic rings. The molecule has 106 valence electrons. The highest BCUT2D eigenvalue weighted by atomic mass is 16.3. The van der Waals surface area contributed by atoms with Crippen LogP contribution < -0.4 is 11.1 Å². The summed E-state index contributed by atoms with van der Waals surface area (Å²) < 4.78 is 1.47. The minimum absolute atomic E-state index is 0.108. The molecule has 6 heteroatoms. The zero-order valence-corrected chi connectivity index (χ0v) is 11.6. The molecule has 0 unspecified atom stereocenters. The number of nitrogens with one attached hydrogen (secondary N) is 1. The lowest BCUT2D eigenvalue weighted by Crippen LogP contribution is -2.17. The predicted molar refractivity (Wildman–Crippen MR) is 77.5 cm³/mol. The largest absolute Gasteiger partial charge is 0.396 e. The third kappa shape index (κ3) is 2.80. The summed E-state index contributed by atoms with van der Waals surface area (Å²) in [7, 11) is 1.68. The minimum Gasteiger partial charge on any atom is -0.396 e. The van der Waals surface area contributed by atoms with Crippen LogP contribution in [0.3, 0.4) is 0 Å². The molecule has 0 aliphatic heterocycles. The second-order valence-corrected chi connectivity index (χ2v) is 4.60. The van der Waals surface area contributed by atoms with E-state index in [-0.39, 0.29) is 12.5 Å². The molecule has 0 fully saturated rings. The smallest absolute Gasteiger partial charge is 0.276 e. The number of benzene rings is 1. The van der Waals surface area contributed by atoms with Gasteiger partial charge in [0.05, 0.1) is 11.4 Å². The first-order valence-electron chi connectivity index (χ1n) is 6.33. The van der Waals surface area contributed by atoms with Crippen LogP contribution in [0.25, 0.3) is 0 Å². The Morgan fingerprint density at radius 2 is 2.05 bits per heavy atom. The quantitative estimate of drug-likeness (QED) is 0.778. The standard InChI is InChI=1S/C14H18N4O2/c1-9-12(15)13(18(2)17-9)14(20)16-11-5-3-10(4-6-11)7-8-19/h3-6,19H,7-8,15H2,1-2H3,(H,16,20). The van der Waals surface area contributed by atoms with Gasteiger partial charge in [0.25, 0.3) is 5.91 Å². The number of hydrogen-bond acceptors (Lipinski definition) is 4. The molecule has 0 saturated carbocycles. The van der Waals surface area contributed by atoms with E-state index in [2.05, 4.69) is 10.4 Å². The number of anilines is 2. The van der Waals surface area contributed by atoms with E-state index in [1.807, 2.05) is 12.1 Å². The molecule has 6 nitrogen and oxygen atoms in total. The van der Waals surface area contributed by atoms with Gasteiger partial charge in [-0.15, -0.1) is 0 Å². The van der Waals surface area contributed by atoms with Gasteiger partial charge in [0, 0.05) is 19.3 Å². The summed E-state index contributed by atoms with van der Waals surface area (Å²) in [5, 5.41) is 15.7. The second-order valence-electron chi connectivity index (χ2n) is 4.60. The molecule has 0 atom stereocenters. The van der Waals surface area contributed by atoms with E-state index in [0.29, 0.717) is 29.2 Å². The van der Waals surface area contributed by atoms with Crippen LogP contribution in [0.2, 0.25) is 0 Å². The fourth-order valence-electron chi connectivity index (χ4n) is 2.02. The van der Waals surface area contributed by atoms with E-state index in [1.54, 1.807) is 26.1 Å². The lowest BCUT2D eigenvalue weighted by atomic mass is 10.1.